The van der Waals surface area contributed by atoms with Gasteiger partial charge in [-0.3, -0.25) is 0 Å². The number of methoxy groups -OCH3 is 1. The van der Waals surface area contributed by atoms with Crippen molar-refractivity contribution < 1.29 is 4.74 Å². The average molecular weight is 277 g/mol. The molecule has 1 N–H and O–H groups in total. The van der Waals surface area contributed by atoms with Crippen LogP contribution in [0.4, 0.5) is 0 Å². The second kappa shape index (κ2) is 7.21. The summed E-state index contributed by atoms with van der Waals surface area (Å²) in [6, 6.07) is 6.45. The summed E-state index contributed by atoms with van der Waals surface area (Å²) in [6.07, 6.45) is 3.52. The van der Waals surface area contributed by atoms with Gasteiger partial charge in [-0.1, -0.05) is 13.0 Å². The number of ether oxygens (including phenoxy) is 1. The van der Waals surface area contributed by atoms with Crippen molar-refractivity contribution in [2.24, 2.45) is 0 Å². The maximum Gasteiger partial charge on any atom is 0.216 e. The highest BCUT2D eigenvalue weighted by molar-refractivity contribution is 7.10. The molecule has 0 aliphatic carbocycles. The van der Waals surface area contributed by atoms with Crippen LogP contribution in [0.15, 0.2) is 29.9 Å². The van der Waals surface area contributed by atoms with Crippen molar-refractivity contribution in [3.63, 3.8) is 0 Å². The van der Waals surface area contributed by atoms with Crippen LogP contribution in [-0.2, 0) is 6.42 Å². The summed E-state index contributed by atoms with van der Waals surface area (Å²) in [6.45, 7) is 3.18. The molecule has 102 valence electrons. The smallest absolute Gasteiger partial charge is 0.216 e. The third kappa shape index (κ3) is 4.01. The van der Waals surface area contributed by atoms with Crippen LogP contribution >= 0.6 is 11.3 Å². The first-order valence-corrected chi connectivity index (χ1v) is 7.33. The molecule has 1 atom stereocenters. The molecule has 0 aliphatic rings. The molecule has 5 heteroatoms. The molecule has 0 fully saturated rings. The molecule has 1 unspecified atom stereocenters. The van der Waals surface area contributed by atoms with Crippen molar-refractivity contribution in [1.29, 1.82) is 0 Å². The molecule has 0 aromatic carbocycles. The molecule has 0 amide bonds. The number of hydrogen-bond acceptors (Lipinski definition) is 5. The van der Waals surface area contributed by atoms with Gasteiger partial charge >= 0.3 is 0 Å². The fourth-order valence-corrected chi connectivity index (χ4v) is 2.69. The highest BCUT2D eigenvalue weighted by Gasteiger charge is 2.13. The largest absolute Gasteiger partial charge is 0.481 e. The predicted octanol–water partition coefficient (Wildman–Crippen LogP) is 2.83. The van der Waals surface area contributed by atoms with E-state index in [0.29, 0.717) is 11.9 Å². The minimum absolute atomic E-state index is 0.305. The molecule has 4 nitrogen and oxygen atoms in total. The topological polar surface area (TPSA) is 47.0 Å². The zero-order valence-electron chi connectivity index (χ0n) is 11.3. The first kappa shape index (κ1) is 14.0. The Bertz CT molecular complexity index is 487. The molecule has 0 saturated heterocycles. The van der Waals surface area contributed by atoms with E-state index in [1.165, 1.54) is 4.88 Å². The Balaban J connectivity index is 2.10. The van der Waals surface area contributed by atoms with E-state index in [1.807, 2.05) is 6.07 Å². The summed E-state index contributed by atoms with van der Waals surface area (Å²) in [4.78, 5) is 9.70. The molecule has 19 heavy (non-hydrogen) atoms. The molecular formula is C14H19N3OS. The fourth-order valence-electron chi connectivity index (χ4n) is 1.89. The Labute approximate surface area is 117 Å². The standard InChI is InChI=1S/C14H19N3OS/c1-3-6-15-12(13-5-4-7-19-13)8-11-9-14(18-2)17-10-16-11/h4-5,7,9-10,12,15H,3,6,8H2,1-2H3. The molecular weight excluding hydrogens is 258 g/mol. The predicted molar refractivity (Wildman–Crippen MR) is 77.6 cm³/mol. The van der Waals surface area contributed by atoms with Crippen LogP contribution in [0.1, 0.15) is 30.0 Å². The van der Waals surface area contributed by atoms with Gasteiger partial charge in [0.1, 0.15) is 6.33 Å². The van der Waals surface area contributed by atoms with E-state index in [0.717, 1.165) is 25.1 Å². The minimum Gasteiger partial charge on any atom is -0.481 e. The van der Waals surface area contributed by atoms with E-state index in [4.69, 9.17) is 4.74 Å². The Morgan fingerprint density at radius 1 is 1.42 bits per heavy atom. The van der Waals surface area contributed by atoms with Crippen molar-refractivity contribution in [3.05, 3.63) is 40.5 Å². The SMILES string of the molecule is CCCNC(Cc1cc(OC)ncn1)c1cccs1. The highest BCUT2D eigenvalue weighted by atomic mass is 32.1. The van der Waals surface area contributed by atoms with Crippen molar-refractivity contribution in [2.75, 3.05) is 13.7 Å². The number of rotatable bonds is 7. The second-order valence-corrected chi connectivity index (χ2v) is 5.26. The van der Waals surface area contributed by atoms with Gasteiger partial charge in [0.15, 0.2) is 0 Å². The van der Waals surface area contributed by atoms with Gasteiger partial charge in [-0.05, 0) is 24.4 Å². The van der Waals surface area contributed by atoms with Gasteiger partial charge in [-0.2, -0.15) is 0 Å². The van der Waals surface area contributed by atoms with E-state index in [9.17, 15) is 0 Å². The van der Waals surface area contributed by atoms with Crippen LogP contribution in [0.2, 0.25) is 0 Å². The van der Waals surface area contributed by atoms with Crippen LogP contribution in [0.3, 0.4) is 0 Å². The summed E-state index contributed by atoms with van der Waals surface area (Å²) >= 11 is 1.77. The highest BCUT2D eigenvalue weighted by Crippen LogP contribution is 2.23. The first-order chi connectivity index (χ1) is 9.33. The maximum absolute atomic E-state index is 5.14. The summed E-state index contributed by atoms with van der Waals surface area (Å²) in [5, 5.41) is 5.67. The van der Waals surface area contributed by atoms with Gasteiger partial charge in [0, 0.05) is 29.1 Å². The number of nitrogens with one attached hydrogen (secondary N) is 1. The van der Waals surface area contributed by atoms with E-state index >= 15 is 0 Å². The maximum atomic E-state index is 5.14. The van der Waals surface area contributed by atoms with E-state index in [2.05, 4.69) is 39.7 Å². The summed E-state index contributed by atoms with van der Waals surface area (Å²) in [5.74, 6) is 0.616. The van der Waals surface area contributed by atoms with Gasteiger partial charge in [-0.25, -0.2) is 9.97 Å². The lowest BCUT2D eigenvalue weighted by atomic mass is 10.1. The van der Waals surface area contributed by atoms with Gasteiger partial charge < -0.3 is 10.1 Å². The third-order valence-electron chi connectivity index (χ3n) is 2.85. The summed E-state index contributed by atoms with van der Waals surface area (Å²) < 4.78 is 5.14. The van der Waals surface area contributed by atoms with Crippen molar-refractivity contribution in [2.45, 2.75) is 25.8 Å². The van der Waals surface area contributed by atoms with Crippen LogP contribution < -0.4 is 10.1 Å². The first-order valence-electron chi connectivity index (χ1n) is 6.45. The molecule has 0 bridgehead atoms. The molecule has 2 aromatic rings. The fraction of sp³-hybridized carbons (Fsp3) is 0.429. The summed E-state index contributed by atoms with van der Waals surface area (Å²) in [5.41, 5.74) is 0.994. The molecule has 0 aliphatic heterocycles. The van der Waals surface area contributed by atoms with E-state index in [-0.39, 0.29) is 0 Å². The van der Waals surface area contributed by atoms with Crippen LogP contribution in [0.5, 0.6) is 5.88 Å². The molecule has 0 radical (unpaired) electrons. The van der Waals surface area contributed by atoms with Gasteiger partial charge in [0.25, 0.3) is 0 Å². The number of hydrogen-bond donors (Lipinski definition) is 1. The zero-order chi connectivity index (χ0) is 13.5. The normalized spacial score (nSPS) is 12.3. The van der Waals surface area contributed by atoms with Gasteiger partial charge in [0.2, 0.25) is 5.88 Å². The monoisotopic (exact) mass is 277 g/mol. The average Bonchev–Trinajstić information content (AvgIpc) is 2.97. The van der Waals surface area contributed by atoms with Gasteiger partial charge in [-0.15, -0.1) is 11.3 Å². The lowest BCUT2D eigenvalue weighted by Gasteiger charge is -2.16. The number of thiophene rings is 1. The Kier molecular flexibility index (Phi) is 5.30. The lowest BCUT2D eigenvalue weighted by molar-refractivity contribution is 0.395. The van der Waals surface area contributed by atoms with E-state index in [1.54, 1.807) is 24.8 Å². The molecule has 0 saturated carbocycles. The van der Waals surface area contributed by atoms with Crippen molar-refractivity contribution in [1.82, 2.24) is 15.3 Å². The van der Waals surface area contributed by atoms with Crippen LogP contribution in [0, 0.1) is 0 Å². The van der Waals surface area contributed by atoms with Crippen LogP contribution in [-0.4, -0.2) is 23.6 Å². The summed E-state index contributed by atoms with van der Waals surface area (Å²) in [7, 11) is 1.62. The second-order valence-electron chi connectivity index (χ2n) is 4.28. The molecule has 0 spiro atoms. The Morgan fingerprint density at radius 2 is 2.32 bits per heavy atom. The Morgan fingerprint density at radius 3 is 3.00 bits per heavy atom. The van der Waals surface area contributed by atoms with Gasteiger partial charge in [0.05, 0.1) is 7.11 Å². The van der Waals surface area contributed by atoms with E-state index < -0.39 is 0 Å². The van der Waals surface area contributed by atoms with Crippen molar-refractivity contribution >= 4 is 11.3 Å². The van der Waals surface area contributed by atoms with Crippen molar-refractivity contribution in [3.8, 4) is 5.88 Å². The Hall–Kier alpha value is -1.46. The van der Waals surface area contributed by atoms with Crippen LogP contribution in [0.25, 0.3) is 0 Å². The minimum atomic E-state index is 0.305. The molecule has 2 heterocycles. The number of aromatic nitrogens is 2. The quantitative estimate of drug-likeness (QED) is 0.845. The third-order valence-corrected chi connectivity index (χ3v) is 3.83. The molecule has 2 rings (SSSR count). The lowest BCUT2D eigenvalue weighted by Crippen LogP contribution is -2.23. The molecule has 2 aromatic heterocycles. The number of nitrogens with zero attached hydrogens (tertiary/aromatic N) is 2. The zero-order valence-corrected chi connectivity index (χ0v) is 12.1.